The van der Waals surface area contributed by atoms with E-state index < -0.39 is 17.2 Å². The number of carbonyl (C=O) groups excluding carboxylic acids is 2. The van der Waals surface area contributed by atoms with E-state index in [1.54, 1.807) is 11.8 Å². The number of nitrogens with two attached hydrogens (primary N) is 1. The third-order valence-electron chi connectivity index (χ3n) is 2.17. The molecule has 0 spiro atoms. The van der Waals surface area contributed by atoms with E-state index in [1.165, 1.54) is 23.1 Å². The summed E-state index contributed by atoms with van der Waals surface area (Å²) in [6.45, 7) is 9.58. The molecule has 0 aliphatic rings. The predicted octanol–water partition coefficient (Wildman–Crippen LogP) is 2.52. The van der Waals surface area contributed by atoms with E-state index in [2.05, 4.69) is 22.1 Å². The normalized spacial score (nSPS) is 12.2. The Hall–Kier alpha value is -1.06. The SMILES string of the molecule is C=C(C)CSc1nnc(S[C@H](C(=O)NC(N)=O)C(C)C)s1. The Bertz CT molecular complexity index is 530. The Labute approximate surface area is 136 Å². The van der Waals surface area contributed by atoms with Crippen LogP contribution in [0.15, 0.2) is 20.8 Å². The highest BCUT2D eigenvalue weighted by Gasteiger charge is 2.26. The minimum atomic E-state index is -0.846. The molecule has 0 radical (unpaired) electrons. The van der Waals surface area contributed by atoms with Gasteiger partial charge in [0.05, 0.1) is 5.25 Å². The fourth-order valence-electron chi connectivity index (χ4n) is 1.28. The van der Waals surface area contributed by atoms with Crippen molar-refractivity contribution in [3.63, 3.8) is 0 Å². The Morgan fingerprint density at radius 3 is 2.52 bits per heavy atom. The lowest BCUT2D eigenvalue weighted by Crippen LogP contribution is -2.42. The zero-order chi connectivity index (χ0) is 16.0. The molecular weight excluding hydrogens is 328 g/mol. The van der Waals surface area contributed by atoms with Crippen molar-refractivity contribution in [1.29, 1.82) is 0 Å². The maximum Gasteiger partial charge on any atom is 0.318 e. The third-order valence-corrected chi connectivity index (χ3v) is 6.08. The van der Waals surface area contributed by atoms with Crippen molar-refractivity contribution in [2.24, 2.45) is 11.7 Å². The van der Waals surface area contributed by atoms with Crippen LogP contribution in [0.5, 0.6) is 0 Å². The summed E-state index contributed by atoms with van der Waals surface area (Å²) in [5.41, 5.74) is 6.04. The molecule has 0 aliphatic carbocycles. The Morgan fingerprint density at radius 2 is 2.00 bits per heavy atom. The first-order chi connectivity index (χ1) is 9.79. The lowest BCUT2D eigenvalue weighted by molar-refractivity contribution is -0.120. The Morgan fingerprint density at radius 1 is 1.38 bits per heavy atom. The molecule has 0 aliphatic heterocycles. The smallest absolute Gasteiger partial charge is 0.318 e. The zero-order valence-electron chi connectivity index (χ0n) is 12.1. The standard InChI is InChI=1S/C12H18N4O2S3/c1-6(2)5-19-11-15-16-12(21-11)20-8(7(3)4)9(17)14-10(13)18/h7-8H,1,5H2,2-4H3,(H3,13,14,17,18)/t8-/m0/s1. The summed E-state index contributed by atoms with van der Waals surface area (Å²) in [4.78, 5) is 22.7. The van der Waals surface area contributed by atoms with Gasteiger partial charge in [0.2, 0.25) is 5.91 Å². The van der Waals surface area contributed by atoms with Crippen LogP contribution >= 0.6 is 34.9 Å². The monoisotopic (exact) mass is 346 g/mol. The molecule has 0 saturated carbocycles. The lowest BCUT2D eigenvalue weighted by atomic mass is 10.1. The van der Waals surface area contributed by atoms with Crippen LogP contribution in [0.3, 0.4) is 0 Å². The third kappa shape index (κ3) is 6.49. The molecular formula is C12H18N4O2S3. The van der Waals surface area contributed by atoms with E-state index in [0.29, 0.717) is 4.34 Å². The number of nitrogens with zero attached hydrogens (tertiary/aromatic N) is 2. The summed E-state index contributed by atoms with van der Waals surface area (Å²) in [6.07, 6.45) is 0. The number of rotatable bonds is 7. The van der Waals surface area contributed by atoms with Crippen molar-refractivity contribution >= 4 is 46.8 Å². The number of primary amides is 1. The van der Waals surface area contributed by atoms with E-state index >= 15 is 0 Å². The second-order valence-electron chi connectivity index (χ2n) is 4.72. The first-order valence-corrected chi connectivity index (χ1v) is 8.85. The average molecular weight is 347 g/mol. The first kappa shape index (κ1) is 18.0. The van der Waals surface area contributed by atoms with Crippen LogP contribution in [-0.2, 0) is 4.79 Å². The number of carbonyl (C=O) groups is 2. The van der Waals surface area contributed by atoms with Gasteiger partial charge < -0.3 is 5.73 Å². The highest BCUT2D eigenvalue weighted by Crippen LogP contribution is 2.34. The number of hydrogen-bond acceptors (Lipinski definition) is 7. The van der Waals surface area contributed by atoms with Crippen molar-refractivity contribution in [1.82, 2.24) is 15.5 Å². The molecule has 0 saturated heterocycles. The van der Waals surface area contributed by atoms with Crippen molar-refractivity contribution in [2.75, 3.05) is 5.75 Å². The summed E-state index contributed by atoms with van der Waals surface area (Å²) in [6, 6.07) is -0.846. The van der Waals surface area contributed by atoms with Crippen LogP contribution in [0.4, 0.5) is 4.79 Å². The van der Waals surface area contributed by atoms with Gasteiger partial charge in [0.15, 0.2) is 8.68 Å². The number of amides is 3. The van der Waals surface area contributed by atoms with Crippen LogP contribution in [0.1, 0.15) is 20.8 Å². The van der Waals surface area contributed by atoms with Crippen molar-refractivity contribution in [3.8, 4) is 0 Å². The van der Waals surface area contributed by atoms with Gasteiger partial charge in [0, 0.05) is 5.75 Å². The fourth-order valence-corrected chi connectivity index (χ4v) is 4.35. The maximum absolute atomic E-state index is 11.9. The molecule has 1 heterocycles. The van der Waals surface area contributed by atoms with Crippen LogP contribution in [0, 0.1) is 5.92 Å². The average Bonchev–Trinajstić information content (AvgIpc) is 2.79. The highest BCUT2D eigenvalue weighted by molar-refractivity contribution is 8.04. The number of imide groups is 1. The summed E-state index contributed by atoms with van der Waals surface area (Å²) in [7, 11) is 0. The molecule has 9 heteroatoms. The second kappa shape index (κ2) is 8.40. The highest BCUT2D eigenvalue weighted by atomic mass is 32.2. The van der Waals surface area contributed by atoms with Gasteiger partial charge in [-0.25, -0.2) is 4.79 Å². The number of aromatic nitrogens is 2. The molecule has 1 atom stereocenters. The number of nitrogens with one attached hydrogen (secondary N) is 1. The first-order valence-electron chi connectivity index (χ1n) is 6.17. The summed E-state index contributed by atoms with van der Waals surface area (Å²) in [5.74, 6) is 0.410. The molecule has 0 unspecified atom stereocenters. The zero-order valence-corrected chi connectivity index (χ0v) is 14.5. The van der Waals surface area contributed by atoms with E-state index in [-0.39, 0.29) is 5.92 Å². The van der Waals surface area contributed by atoms with Gasteiger partial charge in [-0.05, 0) is 12.8 Å². The molecule has 0 fully saturated rings. The molecule has 0 aromatic carbocycles. The quantitative estimate of drug-likeness (QED) is 0.581. The summed E-state index contributed by atoms with van der Waals surface area (Å²) >= 11 is 4.28. The van der Waals surface area contributed by atoms with E-state index in [9.17, 15) is 9.59 Å². The van der Waals surface area contributed by atoms with Gasteiger partial charge in [-0.2, -0.15) is 0 Å². The molecule has 1 aromatic rings. The number of thioether (sulfide) groups is 2. The van der Waals surface area contributed by atoms with Crippen molar-refractivity contribution in [3.05, 3.63) is 12.2 Å². The molecule has 21 heavy (non-hydrogen) atoms. The summed E-state index contributed by atoms with van der Waals surface area (Å²) in [5, 5.41) is 9.80. The maximum atomic E-state index is 11.9. The Kier molecular flexibility index (Phi) is 7.20. The van der Waals surface area contributed by atoms with E-state index in [0.717, 1.165) is 15.7 Å². The molecule has 1 aromatic heterocycles. The van der Waals surface area contributed by atoms with Gasteiger partial charge in [-0.3, -0.25) is 10.1 Å². The van der Waals surface area contributed by atoms with Crippen molar-refractivity contribution in [2.45, 2.75) is 34.7 Å². The van der Waals surface area contributed by atoms with Crippen LogP contribution < -0.4 is 11.1 Å². The van der Waals surface area contributed by atoms with Gasteiger partial charge in [0.25, 0.3) is 0 Å². The van der Waals surface area contributed by atoms with Gasteiger partial charge in [-0.15, -0.1) is 10.2 Å². The van der Waals surface area contributed by atoms with Gasteiger partial charge >= 0.3 is 6.03 Å². The molecule has 116 valence electrons. The van der Waals surface area contributed by atoms with Crippen molar-refractivity contribution < 1.29 is 9.59 Å². The predicted molar refractivity (Wildman–Crippen MR) is 87.7 cm³/mol. The number of urea groups is 1. The van der Waals surface area contributed by atoms with Gasteiger partial charge in [0.1, 0.15) is 0 Å². The molecule has 6 nitrogen and oxygen atoms in total. The van der Waals surface area contributed by atoms with Crippen LogP contribution in [-0.4, -0.2) is 33.1 Å². The molecule has 0 bridgehead atoms. The fraction of sp³-hybridized carbons (Fsp3) is 0.500. The van der Waals surface area contributed by atoms with Crippen LogP contribution in [0.25, 0.3) is 0 Å². The topological polar surface area (TPSA) is 98.0 Å². The Balaban J connectivity index is 2.69. The van der Waals surface area contributed by atoms with Crippen LogP contribution in [0.2, 0.25) is 0 Å². The second-order valence-corrected chi connectivity index (χ2v) is 8.30. The van der Waals surface area contributed by atoms with E-state index in [1.807, 2.05) is 20.8 Å². The molecule has 3 N–H and O–H groups in total. The number of hydrogen-bond donors (Lipinski definition) is 2. The minimum Gasteiger partial charge on any atom is -0.351 e. The largest absolute Gasteiger partial charge is 0.351 e. The minimum absolute atomic E-state index is 0.0322. The van der Waals surface area contributed by atoms with Gasteiger partial charge in [-0.1, -0.05) is 60.9 Å². The molecule has 1 rings (SSSR count). The molecule has 3 amide bonds. The summed E-state index contributed by atoms with van der Waals surface area (Å²) < 4.78 is 1.52. The van der Waals surface area contributed by atoms with E-state index in [4.69, 9.17) is 5.73 Å². The lowest BCUT2D eigenvalue weighted by Gasteiger charge is -2.16.